The maximum atomic E-state index is 12.0. The third kappa shape index (κ3) is 7.00. The van der Waals surface area contributed by atoms with Gasteiger partial charge in [-0.3, -0.25) is 4.98 Å². The number of hydrogen-bond acceptors (Lipinski definition) is 4. The van der Waals surface area contributed by atoms with Gasteiger partial charge < -0.3 is 20.1 Å². The van der Waals surface area contributed by atoms with Crippen LogP contribution in [0.2, 0.25) is 0 Å². The molecule has 2 aromatic rings. The highest BCUT2D eigenvalue weighted by Gasteiger charge is 2.13. The van der Waals surface area contributed by atoms with Crippen molar-refractivity contribution in [3.63, 3.8) is 0 Å². The van der Waals surface area contributed by atoms with Crippen molar-refractivity contribution in [1.82, 2.24) is 10.3 Å². The summed E-state index contributed by atoms with van der Waals surface area (Å²) in [5.74, 6) is 0. The fourth-order valence-corrected chi connectivity index (χ4v) is 3.01. The molecule has 0 aliphatic carbocycles. The SMILES string of the molecule is O=C(NCCc1ccccn1)Nc1cccc(COC[C@H]2CCCCO2)c1. The number of amides is 2. The van der Waals surface area contributed by atoms with Gasteiger partial charge in [-0.1, -0.05) is 18.2 Å². The van der Waals surface area contributed by atoms with E-state index in [1.807, 2.05) is 42.5 Å². The van der Waals surface area contributed by atoms with Gasteiger partial charge in [0.1, 0.15) is 0 Å². The molecule has 27 heavy (non-hydrogen) atoms. The number of nitrogens with zero attached hydrogens (tertiary/aromatic N) is 1. The van der Waals surface area contributed by atoms with Crippen LogP contribution < -0.4 is 10.6 Å². The molecule has 6 heteroatoms. The van der Waals surface area contributed by atoms with Crippen LogP contribution in [-0.4, -0.2) is 36.9 Å². The first-order valence-corrected chi connectivity index (χ1v) is 9.52. The normalized spacial score (nSPS) is 16.7. The number of ether oxygens (including phenoxy) is 2. The summed E-state index contributed by atoms with van der Waals surface area (Å²) in [7, 11) is 0. The summed E-state index contributed by atoms with van der Waals surface area (Å²) in [6, 6.07) is 13.2. The number of urea groups is 1. The number of hydrogen-bond donors (Lipinski definition) is 2. The molecule has 3 rings (SSSR count). The van der Waals surface area contributed by atoms with Gasteiger partial charge in [0, 0.05) is 37.2 Å². The zero-order valence-electron chi connectivity index (χ0n) is 15.5. The smallest absolute Gasteiger partial charge is 0.319 e. The highest BCUT2D eigenvalue weighted by molar-refractivity contribution is 5.89. The van der Waals surface area contributed by atoms with Gasteiger partial charge in [-0.15, -0.1) is 0 Å². The molecule has 1 atom stereocenters. The quantitative estimate of drug-likeness (QED) is 0.747. The summed E-state index contributed by atoms with van der Waals surface area (Å²) in [6.45, 7) is 2.50. The maximum Gasteiger partial charge on any atom is 0.319 e. The molecule has 1 aliphatic heterocycles. The molecule has 1 aromatic carbocycles. The van der Waals surface area contributed by atoms with E-state index in [-0.39, 0.29) is 12.1 Å². The van der Waals surface area contributed by atoms with E-state index in [1.54, 1.807) is 6.20 Å². The first kappa shape index (κ1) is 19.3. The number of nitrogens with one attached hydrogen (secondary N) is 2. The number of aromatic nitrogens is 1. The number of anilines is 1. The van der Waals surface area contributed by atoms with Crippen molar-refractivity contribution >= 4 is 11.7 Å². The Labute approximate surface area is 160 Å². The maximum absolute atomic E-state index is 12.0. The van der Waals surface area contributed by atoms with E-state index in [4.69, 9.17) is 9.47 Å². The van der Waals surface area contributed by atoms with Gasteiger partial charge in [-0.25, -0.2) is 4.79 Å². The minimum Gasteiger partial charge on any atom is -0.376 e. The van der Waals surface area contributed by atoms with Gasteiger partial charge in [0.15, 0.2) is 0 Å². The molecule has 0 saturated carbocycles. The lowest BCUT2D eigenvalue weighted by Gasteiger charge is -2.22. The summed E-state index contributed by atoms with van der Waals surface area (Å²) < 4.78 is 11.4. The average molecular weight is 369 g/mol. The second-order valence-electron chi connectivity index (χ2n) is 6.66. The van der Waals surface area contributed by atoms with Crippen LogP contribution in [0.25, 0.3) is 0 Å². The molecule has 1 aliphatic rings. The molecule has 0 spiro atoms. The number of carbonyl (C=O) groups excluding carboxylic acids is 1. The van der Waals surface area contributed by atoms with E-state index >= 15 is 0 Å². The van der Waals surface area contributed by atoms with Crippen molar-refractivity contribution in [3.05, 3.63) is 59.9 Å². The van der Waals surface area contributed by atoms with Crippen LogP contribution in [0, 0.1) is 0 Å². The number of carbonyl (C=O) groups is 1. The van der Waals surface area contributed by atoms with E-state index < -0.39 is 0 Å². The summed E-state index contributed by atoms with van der Waals surface area (Å²) >= 11 is 0. The summed E-state index contributed by atoms with van der Waals surface area (Å²) in [4.78, 5) is 16.3. The van der Waals surface area contributed by atoms with E-state index in [0.717, 1.165) is 36.4 Å². The van der Waals surface area contributed by atoms with Crippen LogP contribution >= 0.6 is 0 Å². The van der Waals surface area contributed by atoms with Crippen molar-refractivity contribution in [2.45, 2.75) is 38.4 Å². The zero-order chi connectivity index (χ0) is 18.7. The van der Waals surface area contributed by atoms with E-state index in [0.29, 0.717) is 26.2 Å². The Balaban J connectivity index is 1.38. The van der Waals surface area contributed by atoms with Crippen LogP contribution in [0.15, 0.2) is 48.7 Å². The largest absolute Gasteiger partial charge is 0.376 e. The monoisotopic (exact) mass is 369 g/mol. The Morgan fingerprint density at radius 1 is 1.22 bits per heavy atom. The van der Waals surface area contributed by atoms with Gasteiger partial charge in [0.2, 0.25) is 0 Å². The molecule has 0 bridgehead atoms. The van der Waals surface area contributed by atoms with Crippen molar-refractivity contribution in [3.8, 4) is 0 Å². The topological polar surface area (TPSA) is 72.5 Å². The molecule has 144 valence electrons. The van der Waals surface area contributed by atoms with E-state index in [1.165, 1.54) is 6.42 Å². The number of benzene rings is 1. The van der Waals surface area contributed by atoms with Crippen LogP contribution in [0.3, 0.4) is 0 Å². The molecular weight excluding hydrogens is 342 g/mol. The van der Waals surface area contributed by atoms with Crippen LogP contribution in [-0.2, 0) is 22.5 Å². The Morgan fingerprint density at radius 2 is 2.19 bits per heavy atom. The molecule has 0 radical (unpaired) electrons. The molecule has 0 unspecified atom stereocenters. The van der Waals surface area contributed by atoms with Gasteiger partial charge in [-0.05, 0) is 49.1 Å². The van der Waals surface area contributed by atoms with Crippen molar-refractivity contribution < 1.29 is 14.3 Å². The van der Waals surface area contributed by atoms with Crippen molar-refractivity contribution in [2.24, 2.45) is 0 Å². The fourth-order valence-electron chi connectivity index (χ4n) is 3.01. The van der Waals surface area contributed by atoms with Crippen molar-refractivity contribution in [1.29, 1.82) is 0 Å². The Morgan fingerprint density at radius 3 is 3.00 bits per heavy atom. The van der Waals surface area contributed by atoms with Crippen LogP contribution in [0.4, 0.5) is 10.5 Å². The summed E-state index contributed by atoms with van der Waals surface area (Å²) in [5.41, 5.74) is 2.73. The lowest BCUT2D eigenvalue weighted by Crippen LogP contribution is -2.30. The number of pyridine rings is 1. The van der Waals surface area contributed by atoms with Crippen LogP contribution in [0.5, 0.6) is 0 Å². The summed E-state index contributed by atoms with van der Waals surface area (Å²) in [6.07, 6.45) is 6.09. The number of rotatable bonds is 8. The minimum atomic E-state index is -0.223. The second kappa shape index (κ2) is 10.6. The fraction of sp³-hybridized carbons (Fsp3) is 0.429. The van der Waals surface area contributed by atoms with Gasteiger partial charge in [0.05, 0.1) is 19.3 Å². The molecule has 2 amide bonds. The molecule has 6 nitrogen and oxygen atoms in total. The summed E-state index contributed by atoms with van der Waals surface area (Å²) in [5, 5.41) is 5.71. The molecular formula is C21H27N3O3. The molecule has 1 aromatic heterocycles. The highest BCUT2D eigenvalue weighted by atomic mass is 16.5. The highest BCUT2D eigenvalue weighted by Crippen LogP contribution is 2.15. The van der Waals surface area contributed by atoms with E-state index in [9.17, 15) is 4.79 Å². The third-order valence-electron chi connectivity index (χ3n) is 4.42. The molecule has 1 saturated heterocycles. The molecule has 2 heterocycles. The van der Waals surface area contributed by atoms with E-state index in [2.05, 4.69) is 15.6 Å². The first-order valence-electron chi connectivity index (χ1n) is 9.52. The predicted octanol–water partition coefficient (Wildman–Crippen LogP) is 3.53. The van der Waals surface area contributed by atoms with Gasteiger partial charge >= 0.3 is 6.03 Å². The second-order valence-corrected chi connectivity index (χ2v) is 6.66. The predicted molar refractivity (Wildman–Crippen MR) is 105 cm³/mol. The molecule has 1 fully saturated rings. The molecule has 2 N–H and O–H groups in total. The standard InChI is InChI=1S/C21H27N3O3/c25-21(23-12-10-18-7-1-3-11-22-18)24-19-8-5-6-17(14-19)15-26-16-20-9-2-4-13-27-20/h1,3,5-8,11,14,20H,2,4,9-10,12-13,15-16H2,(H2,23,24,25)/t20-/m1/s1. The van der Waals surface area contributed by atoms with Gasteiger partial charge in [0.25, 0.3) is 0 Å². The van der Waals surface area contributed by atoms with Crippen molar-refractivity contribution in [2.75, 3.05) is 25.1 Å². The Hall–Kier alpha value is -2.44. The van der Waals surface area contributed by atoms with Gasteiger partial charge in [-0.2, -0.15) is 0 Å². The third-order valence-corrected chi connectivity index (χ3v) is 4.42. The lowest BCUT2D eigenvalue weighted by atomic mass is 10.1. The lowest BCUT2D eigenvalue weighted by molar-refractivity contribution is -0.0447. The Bertz CT molecular complexity index is 703. The minimum absolute atomic E-state index is 0.213. The first-order chi connectivity index (χ1) is 13.3. The Kier molecular flexibility index (Phi) is 7.62. The average Bonchev–Trinajstić information content (AvgIpc) is 2.70. The van der Waals surface area contributed by atoms with Crippen LogP contribution in [0.1, 0.15) is 30.5 Å². The zero-order valence-corrected chi connectivity index (χ0v) is 15.5.